The molecule has 1 atom stereocenters. The van der Waals surface area contributed by atoms with E-state index in [1.165, 1.54) is 20.3 Å². The highest BCUT2D eigenvalue weighted by molar-refractivity contribution is 6.31. The molecule has 0 fully saturated rings. The summed E-state index contributed by atoms with van der Waals surface area (Å²) < 4.78 is 15.4. The van der Waals surface area contributed by atoms with Gasteiger partial charge in [-0.1, -0.05) is 29.8 Å². The van der Waals surface area contributed by atoms with Crippen molar-refractivity contribution in [1.82, 2.24) is 0 Å². The maximum Gasteiger partial charge on any atom is 0.336 e. The minimum atomic E-state index is -0.695. The monoisotopic (exact) mass is 372 g/mol. The molecule has 0 aliphatic rings. The van der Waals surface area contributed by atoms with Crippen LogP contribution < -0.4 is 10.4 Å². The van der Waals surface area contributed by atoms with Crippen LogP contribution in [0.3, 0.4) is 0 Å². The first-order valence-electron chi connectivity index (χ1n) is 7.96. The van der Waals surface area contributed by atoms with Gasteiger partial charge in [0.2, 0.25) is 0 Å². The Morgan fingerprint density at radius 2 is 1.92 bits per heavy atom. The summed E-state index contributed by atoms with van der Waals surface area (Å²) in [7, 11) is 2.84. The third-order valence-corrected chi connectivity index (χ3v) is 4.60. The van der Waals surface area contributed by atoms with Gasteiger partial charge in [0, 0.05) is 22.5 Å². The third kappa shape index (κ3) is 3.58. The van der Waals surface area contributed by atoms with Crippen molar-refractivity contribution < 1.29 is 18.7 Å². The van der Waals surface area contributed by atoms with Crippen LogP contribution in [0.5, 0.6) is 5.75 Å². The summed E-state index contributed by atoms with van der Waals surface area (Å²) >= 11 is 6.24. The molecule has 3 aromatic rings. The second-order valence-corrected chi connectivity index (χ2v) is 6.16. The molecule has 0 unspecified atom stereocenters. The van der Waals surface area contributed by atoms with E-state index in [9.17, 15) is 9.59 Å². The third-order valence-electron chi connectivity index (χ3n) is 4.23. The van der Waals surface area contributed by atoms with Crippen LogP contribution in [0.4, 0.5) is 0 Å². The molecule has 0 aliphatic carbocycles. The van der Waals surface area contributed by atoms with Crippen molar-refractivity contribution in [1.29, 1.82) is 0 Å². The minimum absolute atomic E-state index is 0.303. The second-order valence-electron chi connectivity index (χ2n) is 5.75. The van der Waals surface area contributed by atoms with Crippen LogP contribution in [-0.4, -0.2) is 20.2 Å². The lowest BCUT2D eigenvalue weighted by atomic mass is 9.90. The normalized spacial score (nSPS) is 12.0. The SMILES string of the molecule is COC(=O)[C@H](Cc1ccccc1Cl)c1cc(=O)oc2cc(OC)ccc12. The van der Waals surface area contributed by atoms with Crippen LogP contribution >= 0.6 is 11.6 Å². The Hall–Kier alpha value is -2.79. The highest BCUT2D eigenvalue weighted by Crippen LogP contribution is 2.31. The Balaban J connectivity index is 2.16. The molecule has 0 spiro atoms. The molecule has 26 heavy (non-hydrogen) atoms. The molecule has 0 N–H and O–H groups in total. The van der Waals surface area contributed by atoms with Crippen molar-refractivity contribution in [2.45, 2.75) is 12.3 Å². The number of fused-ring (bicyclic) bond motifs is 1. The number of esters is 1. The van der Waals surface area contributed by atoms with Gasteiger partial charge in [-0.2, -0.15) is 0 Å². The molecular formula is C20H17ClO5. The number of carbonyl (C=O) groups is 1. The van der Waals surface area contributed by atoms with Crippen LogP contribution in [0.15, 0.2) is 57.7 Å². The first-order chi connectivity index (χ1) is 12.5. The number of benzene rings is 2. The summed E-state index contributed by atoms with van der Waals surface area (Å²) in [5.74, 6) is -0.592. The molecule has 1 aromatic heterocycles. The lowest BCUT2D eigenvalue weighted by Gasteiger charge is -2.17. The standard InChI is InChI=1S/C20H17ClO5/c1-24-13-7-8-14-15(11-19(22)26-18(14)10-13)16(20(23)25-2)9-12-5-3-4-6-17(12)21/h3-8,10-11,16H,9H2,1-2H3/t16-/m1/s1. The highest BCUT2D eigenvalue weighted by Gasteiger charge is 2.26. The van der Waals surface area contributed by atoms with Crippen LogP contribution in [0.25, 0.3) is 11.0 Å². The van der Waals surface area contributed by atoms with E-state index >= 15 is 0 Å². The number of methoxy groups -OCH3 is 2. The number of hydrogen-bond acceptors (Lipinski definition) is 5. The zero-order valence-electron chi connectivity index (χ0n) is 14.3. The van der Waals surface area contributed by atoms with Gasteiger partial charge in [0.1, 0.15) is 11.3 Å². The molecule has 6 heteroatoms. The molecular weight excluding hydrogens is 356 g/mol. The van der Waals surface area contributed by atoms with Gasteiger partial charge in [-0.25, -0.2) is 4.79 Å². The zero-order valence-corrected chi connectivity index (χ0v) is 15.1. The van der Waals surface area contributed by atoms with Gasteiger partial charge >= 0.3 is 11.6 Å². The van der Waals surface area contributed by atoms with Crippen molar-refractivity contribution in [3.05, 3.63) is 75.1 Å². The average molecular weight is 373 g/mol. The lowest BCUT2D eigenvalue weighted by molar-refractivity contribution is -0.142. The fourth-order valence-electron chi connectivity index (χ4n) is 2.93. The number of hydrogen-bond donors (Lipinski definition) is 0. The Kier molecular flexibility index (Phi) is 5.28. The molecule has 0 saturated heterocycles. The van der Waals surface area contributed by atoms with Crippen LogP contribution in [0.2, 0.25) is 5.02 Å². The zero-order chi connectivity index (χ0) is 18.7. The maximum absolute atomic E-state index is 12.5. The fourth-order valence-corrected chi connectivity index (χ4v) is 3.14. The van der Waals surface area contributed by atoms with E-state index in [1.54, 1.807) is 24.3 Å². The van der Waals surface area contributed by atoms with Crippen molar-refractivity contribution in [2.24, 2.45) is 0 Å². The molecule has 5 nitrogen and oxygen atoms in total. The van der Waals surface area contributed by atoms with E-state index in [0.717, 1.165) is 5.56 Å². The van der Waals surface area contributed by atoms with E-state index in [2.05, 4.69) is 0 Å². The molecule has 2 aromatic carbocycles. The molecule has 0 radical (unpaired) electrons. The van der Waals surface area contributed by atoms with Crippen molar-refractivity contribution in [3.8, 4) is 5.75 Å². The first kappa shape index (κ1) is 18.0. The van der Waals surface area contributed by atoms with E-state index in [1.807, 2.05) is 18.2 Å². The first-order valence-corrected chi connectivity index (χ1v) is 8.34. The average Bonchev–Trinajstić information content (AvgIpc) is 2.65. The summed E-state index contributed by atoms with van der Waals surface area (Å²) in [6.45, 7) is 0. The van der Waals surface area contributed by atoms with Gasteiger partial charge in [-0.15, -0.1) is 0 Å². The van der Waals surface area contributed by atoms with Gasteiger partial charge in [0.15, 0.2) is 0 Å². The predicted molar refractivity (Wildman–Crippen MR) is 98.9 cm³/mol. The van der Waals surface area contributed by atoms with Gasteiger partial charge < -0.3 is 13.9 Å². The van der Waals surface area contributed by atoms with E-state index < -0.39 is 17.5 Å². The topological polar surface area (TPSA) is 65.7 Å². The lowest BCUT2D eigenvalue weighted by Crippen LogP contribution is -2.19. The van der Waals surface area contributed by atoms with E-state index in [-0.39, 0.29) is 0 Å². The van der Waals surface area contributed by atoms with Crippen LogP contribution in [0.1, 0.15) is 17.0 Å². The Labute approximate surface area is 155 Å². The van der Waals surface area contributed by atoms with Crippen LogP contribution in [-0.2, 0) is 16.0 Å². The second kappa shape index (κ2) is 7.62. The summed E-state index contributed by atoms with van der Waals surface area (Å²) in [5, 5.41) is 1.20. The largest absolute Gasteiger partial charge is 0.497 e. The Bertz CT molecular complexity index is 1010. The molecule has 3 rings (SSSR count). The number of rotatable bonds is 5. The smallest absolute Gasteiger partial charge is 0.336 e. The summed E-state index contributed by atoms with van der Waals surface area (Å²) in [4.78, 5) is 24.5. The van der Waals surface area contributed by atoms with E-state index in [0.29, 0.717) is 33.7 Å². The van der Waals surface area contributed by atoms with E-state index in [4.69, 9.17) is 25.5 Å². The highest BCUT2D eigenvalue weighted by atomic mass is 35.5. The van der Waals surface area contributed by atoms with Gasteiger partial charge in [0.05, 0.1) is 20.1 Å². The maximum atomic E-state index is 12.5. The van der Waals surface area contributed by atoms with Crippen molar-refractivity contribution in [2.75, 3.05) is 14.2 Å². The summed E-state index contributed by atoms with van der Waals surface area (Å²) in [6.07, 6.45) is 0.303. The molecule has 0 bridgehead atoms. The fraction of sp³-hybridized carbons (Fsp3) is 0.200. The van der Waals surface area contributed by atoms with Gasteiger partial charge in [0.25, 0.3) is 0 Å². The van der Waals surface area contributed by atoms with Crippen molar-refractivity contribution in [3.63, 3.8) is 0 Å². The predicted octanol–water partition coefficient (Wildman–Crippen LogP) is 3.95. The Morgan fingerprint density at radius 1 is 1.15 bits per heavy atom. The number of carbonyl (C=O) groups excluding carboxylic acids is 1. The molecule has 0 amide bonds. The Morgan fingerprint density at radius 3 is 2.62 bits per heavy atom. The number of halogens is 1. The van der Waals surface area contributed by atoms with Crippen molar-refractivity contribution >= 4 is 28.5 Å². The van der Waals surface area contributed by atoms with Gasteiger partial charge in [-0.05, 0) is 35.7 Å². The quantitative estimate of drug-likeness (QED) is 0.501. The molecule has 0 aliphatic heterocycles. The van der Waals surface area contributed by atoms with Crippen LogP contribution in [0, 0.1) is 0 Å². The minimum Gasteiger partial charge on any atom is -0.497 e. The summed E-state index contributed by atoms with van der Waals surface area (Å²) in [6, 6.07) is 13.7. The molecule has 134 valence electrons. The molecule has 0 saturated carbocycles. The number of ether oxygens (including phenoxy) is 2. The summed E-state index contributed by atoms with van der Waals surface area (Å²) in [5.41, 5.74) is 1.12. The molecule has 1 heterocycles. The van der Waals surface area contributed by atoms with Gasteiger partial charge in [-0.3, -0.25) is 4.79 Å².